The zero-order valence-electron chi connectivity index (χ0n) is 9.81. The van der Waals surface area contributed by atoms with Crippen molar-refractivity contribution in [1.82, 2.24) is 4.98 Å². The monoisotopic (exact) mass is 296 g/mol. The van der Waals surface area contributed by atoms with Gasteiger partial charge in [0.15, 0.2) is 0 Å². The molecule has 0 aromatic carbocycles. The van der Waals surface area contributed by atoms with E-state index in [0.29, 0.717) is 5.69 Å². The molecule has 0 unspecified atom stereocenters. The van der Waals surface area contributed by atoms with Crippen LogP contribution in [0.1, 0.15) is 26.4 Å². The predicted octanol–water partition coefficient (Wildman–Crippen LogP) is 3.06. The molecule has 0 aliphatic heterocycles. The van der Waals surface area contributed by atoms with Crippen molar-refractivity contribution in [2.45, 2.75) is 6.92 Å². The minimum Gasteiger partial charge on any atom is -0.478 e. The van der Waals surface area contributed by atoms with Crippen LogP contribution in [0.4, 0.5) is 5.00 Å². The Kier molecular flexibility index (Phi) is 3.82. The van der Waals surface area contributed by atoms with Gasteiger partial charge in [0.05, 0.1) is 16.1 Å². The van der Waals surface area contributed by atoms with Crippen molar-refractivity contribution in [3.63, 3.8) is 0 Å². The van der Waals surface area contributed by atoms with Gasteiger partial charge in [-0.1, -0.05) is 11.6 Å². The normalized spacial score (nSPS) is 10.2. The first kappa shape index (κ1) is 13.5. The average molecular weight is 297 g/mol. The molecule has 0 radical (unpaired) electrons. The number of carbonyl (C=O) groups is 2. The van der Waals surface area contributed by atoms with Crippen molar-refractivity contribution in [3.8, 4) is 0 Å². The van der Waals surface area contributed by atoms with E-state index in [2.05, 4.69) is 10.3 Å². The number of hydrogen-bond donors (Lipinski definition) is 2. The van der Waals surface area contributed by atoms with E-state index in [9.17, 15) is 9.59 Å². The van der Waals surface area contributed by atoms with E-state index in [1.807, 2.05) is 0 Å². The van der Waals surface area contributed by atoms with Gasteiger partial charge < -0.3 is 10.4 Å². The smallest absolute Gasteiger partial charge is 0.338 e. The van der Waals surface area contributed by atoms with Gasteiger partial charge in [-0.05, 0) is 24.4 Å². The number of aryl methyl sites for hydroxylation is 1. The number of nitrogens with one attached hydrogen (secondary N) is 1. The van der Waals surface area contributed by atoms with Crippen LogP contribution >= 0.6 is 22.9 Å². The molecular weight excluding hydrogens is 288 g/mol. The predicted molar refractivity (Wildman–Crippen MR) is 73.2 cm³/mol. The summed E-state index contributed by atoms with van der Waals surface area (Å²) in [5.41, 5.74) is 0.954. The summed E-state index contributed by atoms with van der Waals surface area (Å²) < 4.78 is 0. The molecule has 2 rings (SSSR count). The van der Waals surface area contributed by atoms with Crippen LogP contribution < -0.4 is 5.32 Å². The second kappa shape index (κ2) is 5.38. The highest BCUT2D eigenvalue weighted by atomic mass is 35.5. The second-order valence-electron chi connectivity index (χ2n) is 3.73. The molecule has 5 nitrogen and oxygen atoms in total. The molecule has 0 aliphatic carbocycles. The Balaban J connectivity index is 2.26. The molecule has 0 saturated heterocycles. The Morgan fingerprint density at radius 1 is 1.42 bits per heavy atom. The summed E-state index contributed by atoms with van der Waals surface area (Å²) in [4.78, 5) is 26.9. The van der Waals surface area contributed by atoms with Crippen LogP contribution in [-0.4, -0.2) is 22.0 Å². The highest BCUT2D eigenvalue weighted by Gasteiger charge is 2.16. The van der Waals surface area contributed by atoms with Crippen molar-refractivity contribution in [2.24, 2.45) is 0 Å². The summed E-state index contributed by atoms with van der Waals surface area (Å²) >= 11 is 7.09. The van der Waals surface area contributed by atoms with Crippen LogP contribution in [0.5, 0.6) is 0 Å². The van der Waals surface area contributed by atoms with Gasteiger partial charge in [-0.15, -0.1) is 11.3 Å². The minimum atomic E-state index is -1.09. The summed E-state index contributed by atoms with van der Waals surface area (Å²) in [7, 11) is 0. The first-order valence-corrected chi connectivity index (χ1v) is 6.49. The molecule has 2 heterocycles. The van der Waals surface area contributed by atoms with Crippen LogP contribution in [-0.2, 0) is 0 Å². The van der Waals surface area contributed by atoms with Crippen LogP contribution in [0.2, 0.25) is 5.02 Å². The Hall–Kier alpha value is -1.92. The van der Waals surface area contributed by atoms with Crippen LogP contribution in [0.15, 0.2) is 23.7 Å². The zero-order chi connectivity index (χ0) is 14.0. The van der Waals surface area contributed by atoms with Gasteiger partial charge in [0.2, 0.25) is 0 Å². The van der Waals surface area contributed by atoms with E-state index in [1.165, 1.54) is 12.3 Å². The number of halogens is 1. The molecule has 0 saturated carbocycles. The molecule has 19 heavy (non-hydrogen) atoms. The number of carboxylic acid groups (broad SMARTS) is 1. The average Bonchev–Trinajstić information content (AvgIpc) is 2.76. The van der Waals surface area contributed by atoms with E-state index < -0.39 is 11.9 Å². The van der Waals surface area contributed by atoms with E-state index in [-0.39, 0.29) is 21.2 Å². The number of amides is 1. The summed E-state index contributed by atoms with van der Waals surface area (Å²) in [6.45, 7) is 1.76. The van der Waals surface area contributed by atoms with E-state index in [4.69, 9.17) is 16.7 Å². The molecule has 0 bridgehead atoms. The summed E-state index contributed by atoms with van der Waals surface area (Å²) in [6, 6.07) is 3.00. The van der Waals surface area contributed by atoms with Gasteiger partial charge in [-0.25, -0.2) is 4.79 Å². The van der Waals surface area contributed by atoms with Gasteiger partial charge in [-0.2, -0.15) is 0 Å². The summed E-state index contributed by atoms with van der Waals surface area (Å²) in [6.07, 6.45) is 1.36. The van der Waals surface area contributed by atoms with Crippen LogP contribution in [0.3, 0.4) is 0 Å². The molecule has 2 aromatic heterocycles. The highest BCUT2D eigenvalue weighted by molar-refractivity contribution is 7.14. The van der Waals surface area contributed by atoms with Gasteiger partial charge in [0, 0.05) is 11.9 Å². The number of thiophene rings is 1. The van der Waals surface area contributed by atoms with Gasteiger partial charge >= 0.3 is 5.97 Å². The third-order valence-electron chi connectivity index (χ3n) is 2.36. The topological polar surface area (TPSA) is 79.3 Å². The van der Waals surface area contributed by atoms with E-state index in [1.54, 1.807) is 18.4 Å². The molecule has 0 atom stereocenters. The molecule has 1 amide bonds. The summed E-state index contributed by atoms with van der Waals surface area (Å²) in [5.74, 6) is -1.58. The lowest BCUT2D eigenvalue weighted by Gasteiger charge is -2.06. The number of carboxylic acids is 1. The molecule has 0 fully saturated rings. The van der Waals surface area contributed by atoms with E-state index >= 15 is 0 Å². The minimum absolute atomic E-state index is 0.0505. The molecule has 7 heteroatoms. The van der Waals surface area contributed by atoms with Crippen molar-refractivity contribution in [3.05, 3.63) is 45.6 Å². The Labute approximate surface area is 117 Å². The molecule has 0 spiro atoms. The Morgan fingerprint density at radius 2 is 2.16 bits per heavy atom. The van der Waals surface area contributed by atoms with Crippen molar-refractivity contribution >= 4 is 39.8 Å². The fourth-order valence-electron chi connectivity index (χ4n) is 1.44. The van der Waals surface area contributed by atoms with Crippen LogP contribution in [0.25, 0.3) is 0 Å². The third-order valence-corrected chi connectivity index (χ3v) is 3.50. The fraction of sp³-hybridized carbons (Fsp3) is 0.0833. The lowest BCUT2D eigenvalue weighted by atomic mass is 10.2. The van der Waals surface area contributed by atoms with Gasteiger partial charge in [0.1, 0.15) is 5.00 Å². The fourth-order valence-corrected chi connectivity index (χ4v) is 2.51. The maximum Gasteiger partial charge on any atom is 0.338 e. The molecule has 2 aromatic rings. The Bertz CT molecular complexity index is 654. The number of hydrogen-bond acceptors (Lipinski definition) is 4. The standard InChI is InChI=1S/C12H9ClN2O3S/c1-6-4-9(13)8(5-14-6)10(16)15-11-7(12(17)18)2-3-19-11/h2-5H,1H3,(H,15,16)(H,17,18). The van der Waals surface area contributed by atoms with Gasteiger partial charge in [-0.3, -0.25) is 9.78 Å². The SMILES string of the molecule is Cc1cc(Cl)c(C(=O)Nc2sccc2C(=O)O)cn1. The van der Waals surface area contributed by atoms with Gasteiger partial charge in [0.25, 0.3) is 5.91 Å². The van der Waals surface area contributed by atoms with Crippen molar-refractivity contribution in [2.75, 3.05) is 5.32 Å². The number of nitrogens with zero attached hydrogens (tertiary/aromatic N) is 1. The molecule has 98 valence electrons. The number of aromatic nitrogens is 1. The zero-order valence-corrected chi connectivity index (χ0v) is 11.4. The maximum atomic E-state index is 12.0. The quantitative estimate of drug-likeness (QED) is 0.912. The molecule has 2 N–H and O–H groups in total. The first-order valence-electron chi connectivity index (χ1n) is 5.23. The Morgan fingerprint density at radius 3 is 2.79 bits per heavy atom. The number of anilines is 1. The van der Waals surface area contributed by atoms with Crippen molar-refractivity contribution < 1.29 is 14.7 Å². The lowest BCUT2D eigenvalue weighted by Crippen LogP contribution is -2.14. The first-order chi connectivity index (χ1) is 8.99. The van der Waals surface area contributed by atoms with Crippen molar-refractivity contribution in [1.29, 1.82) is 0 Å². The highest BCUT2D eigenvalue weighted by Crippen LogP contribution is 2.25. The van der Waals surface area contributed by atoms with E-state index in [0.717, 1.165) is 11.3 Å². The maximum absolute atomic E-state index is 12.0. The number of pyridine rings is 1. The second-order valence-corrected chi connectivity index (χ2v) is 5.05. The lowest BCUT2D eigenvalue weighted by molar-refractivity contribution is 0.0698. The largest absolute Gasteiger partial charge is 0.478 e. The number of aromatic carboxylic acids is 1. The number of rotatable bonds is 3. The number of carbonyl (C=O) groups excluding carboxylic acids is 1. The van der Waals surface area contributed by atoms with Crippen LogP contribution in [0, 0.1) is 6.92 Å². The summed E-state index contributed by atoms with van der Waals surface area (Å²) in [5, 5.41) is 13.6. The molecular formula is C12H9ClN2O3S. The third kappa shape index (κ3) is 2.91. The molecule has 0 aliphatic rings.